The van der Waals surface area contributed by atoms with E-state index >= 15 is 0 Å². The Hall–Kier alpha value is -2.36. The third-order valence-electron chi connectivity index (χ3n) is 7.11. The maximum atomic E-state index is 12.8. The largest absolute Gasteiger partial charge is 0.361 e. The highest BCUT2D eigenvalue weighted by Gasteiger charge is 2.58. The zero-order chi connectivity index (χ0) is 22.2. The van der Waals surface area contributed by atoms with Crippen LogP contribution < -0.4 is 10.6 Å². The first-order valence-electron chi connectivity index (χ1n) is 11.7. The molecule has 0 spiro atoms. The molecule has 2 aromatic rings. The minimum Gasteiger partial charge on any atom is -0.361 e. The number of carbonyl (C=O) groups is 2. The van der Waals surface area contributed by atoms with Crippen molar-refractivity contribution in [1.82, 2.24) is 20.5 Å². The third-order valence-corrected chi connectivity index (χ3v) is 7.11. The van der Waals surface area contributed by atoms with Crippen molar-refractivity contribution < 1.29 is 9.59 Å². The fourth-order valence-corrected chi connectivity index (χ4v) is 5.61. The second kappa shape index (κ2) is 9.87. The van der Waals surface area contributed by atoms with Crippen molar-refractivity contribution in [3.8, 4) is 0 Å². The zero-order valence-electron chi connectivity index (χ0n) is 19.1. The van der Waals surface area contributed by atoms with Crippen LogP contribution in [-0.2, 0) is 16.0 Å². The van der Waals surface area contributed by atoms with Crippen LogP contribution in [0.2, 0.25) is 0 Å². The lowest BCUT2D eigenvalue weighted by Crippen LogP contribution is -2.43. The van der Waals surface area contributed by atoms with Gasteiger partial charge in [-0.1, -0.05) is 24.3 Å². The number of carbonyl (C=O) groups excluding carboxylic acids is 2. The van der Waals surface area contributed by atoms with E-state index in [4.69, 9.17) is 0 Å². The Balaban J connectivity index is 0.00000259. The molecule has 3 aliphatic rings. The van der Waals surface area contributed by atoms with Crippen LogP contribution >= 0.6 is 24.0 Å². The van der Waals surface area contributed by atoms with Crippen molar-refractivity contribution in [1.29, 1.82) is 0 Å². The number of hydrogen-bond acceptors (Lipinski definition) is 3. The number of H-pyrrole nitrogens is 1. The molecule has 1 saturated carbocycles. The quantitative estimate of drug-likeness (QED) is 0.160. The first-order valence-corrected chi connectivity index (χ1v) is 11.7. The number of aliphatic imine (C=N–C) groups is 1. The van der Waals surface area contributed by atoms with Crippen molar-refractivity contribution in [2.45, 2.75) is 26.7 Å². The minimum atomic E-state index is -0.126. The lowest BCUT2D eigenvalue weighted by atomic mass is 9.85. The molecule has 2 fully saturated rings. The van der Waals surface area contributed by atoms with Crippen LogP contribution in [0.4, 0.5) is 0 Å². The summed E-state index contributed by atoms with van der Waals surface area (Å²) in [6.45, 7) is 6.40. The van der Waals surface area contributed by atoms with Crippen molar-refractivity contribution in [2.75, 3.05) is 26.2 Å². The number of aromatic nitrogens is 1. The molecule has 1 aromatic heterocycles. The van der Waals surface area contributed by atoms with E-state index in [-0.39, 0.29) is 59.5 Å². The van der Waals surface area contributed by atoms with E-state index in [1.165, 1.54) is 21.4 Å². The summed E-state index contributed by atoms with van der Waals surface area (Å²) < 4.78 is 0. The standard InChI is InChI=1S/C25H31N5O2.HI/c1-3-26-25(27-9-8-18-14-29-20-12-15(2)4-7-19(18)20)28-10-11-30-23(31)21-16-5-6-17(13-16)22(21)24(30)32;/h4-7,12,14,16-17,21-22,29H,3,8-11,13H2,1-2H3,(H2,26,27,28);1H. The molecule has 8 heteroatoms. The lowest BCUT2D eigenvalue weighted by molar-refractivity contribution is -0.140. The maximum Gasteiger partial charge on any atom is 0.233 e. The molecule has 2 heterocycles. The highest BCUT2D eigenvalue weighted by atomic mass is 127. The maximum absolute atomic E-state index is 12.8. The van der Waals surface area contributed by atoms with Crippen molar-refractivity contribution in [3.63, 3.8) is 0 Å². The van der Waals surface area contributed by atoms with E-state index in [2.05, 4.69) is 64.1 Å². The first-order chi connectivity index (χ1) is 15.6. The predicted octanol–water partition coefficient (Wildman–Crippen LogP) is 3.00. The Morgan fingerprint density at radius 2 is 1.88 bits per heavy atom. The number of halogens is 1. The SMILES string of the molecule is CCNC(=NCCc1c[nH]c2cc(C)ccc12)NCCN1C(=O)C2C3C=CC(C3)C2C1=O.I. The second-order valence-electron chi connectivity index (χ2n) is 9.13. The van der Waals surface area contributed by atoms with Crippen LogP contribution in [0.5, 0.6) is 0 Å². The molecule has 2 amide bonds. The van der Waals surface area contributed by atoms with Gasteiger partial charge in [-0.25, -0.2) is 0 Å². The van der Waals surface area contributed by atoms with Crippen LogP contribution in [0, 0.1) is 30.6 Å². The number of hydrogen-bond donors (Lipinski definition) is 3. The van der Waals surface area contributed by atoms with E-state index in [1.54, 1.807) is 0 Å². The van der Waals surface area contributed by atoms with Gasteiger partial charge in [0.05, 0.1) is 11.8 Å². The summed E-state index contributed by atoms with van der Waals surface area (Å²) in [7, 11) is 0. The van der Waals surface area contributed by atoms with Gasteiger partial charge in [-0.05, 0) is 55.7 Å². The van der Waals surface area contributed by atoms with Crippen LogP contribution in [0.25, 0.3) is 10.9 Å². The van der Waals surface area contributed by atoms with Gasteiger partial charge in [-0.2, -0.15) is 0 Å². The van der Waals surface area contributed by atoms with Crippen LogP contribution in [0.3, 0.4) is 0 Å². The molecule has 1 saturated heterocycles. The topological polar surface area (TPSA) is 89.6 Å². The molecule has 1 aliphatic heterocycles. The predicted molar refractivity (Wildman–Crippen MR) is 141 cm³/mol. The third kappa shape index (κ3) is 4.41. The Bertz CT molecular complexity index is 1080. The summed E-state index contributed by atoms with van der Waals surface area (Å²) in [5, 5.41) is 7.78. The number of fused-ring (bicyclic) bond motifs is 6. The van der Waals surface area contributed by atoms with Crippen LogP contribution in [0.1, 0.15) is 24.5 Å². The second-order valence-corrected chi connectivity index (χ2v) is 9.13. The Kier molecular flexibility index (Phi) is 7.11. The summed E-state index contributed by atoms with van der Waals surface area (Å²) in [6.07, 6.45) is 8.12. The van der Waals surface area contributed by atoms with Gasteiger partial charge in [0.25, 0.3) is 0 Å². The molecule has 33 heavy (non-hydrogen) atoms. The Labute approximate surface area is 211 Å². The first kappa shape index (κ1) is 23.8. The number of rotatable bonds is 7. The van der Waals surface area contributed by atoms with Gasteiger partial charge in [-0.3, -0.25) is 19.5 Å². The smallest absolute Gasteiger partial charge is 0.233 e. The van der Waals surface area contributed by atoms with E-state index in [1.807, 2.05) is 6.92 Å². The lowest BCUT2D eigenvalue weighted by Gasteiger charge is -2.18. The molecule has 176 valence electrons. The number of likely N-dealkylation sites (tertiary alicyclic amines) is 1. The molecule has 0 radical (unpaired) electrons. The number of aromatic amines is 1. The number of imide groups is 1. The average Bonchev–Trinajstić information content (AvgIpc) is 3.54. The number of benzene rings is 1. The molecule has 5 rings (SSSR count). The Morgan fingerprint density at radius 1 is 1.15 bits per heavy atom. The Morgan fingerprint density at radius 3 is 2.58 bits per heavy atom. The highest BCUT2D eigenvalue weighted by molar-refractivity contribution is 14.0. The van der Waals surface area contributed by atoms with Gasteiger partial charge < -0.3 is 15.6 Å². The molecular weight excluding hydrogens is 529 g/mol. The highest BCUT2D eigenvalue weighted by Crippen LogP contribution is 2.52. The van der Waals surface area contributed by atoms with Gasteiger partial charge in [0.1, 0.15) is 0 Å². The molecule has 2 aliphatic carbocycles. The molecular formula is C25H32IN5O2. The molecule has 7 nitrogen and oxygen atoms in total. The summed E-state index contributed by atoms with van der Waals surface area (Å²) >= 11 is 0. The van der Waals surface area contributed by atoms with E-state index < -0.39 is 0 Å². The van der Waals surface area contributed by atoms with Gasteiger partial charge in [0, 0.05) is 43.3 Å². The monoisotopic (exact) mass is 561 g/mol. The molecule has 1 aromatic carbocycles. The summed E-state index contributed by atoms with van der Waals surface area (Å²) in [6, 6.07) is 6.44. The van der Waals surface area contributed by atoms with E-state index in [9.17, 15) is 9.59 Å². The fourth-order valence-electron chi connectivity index (χ4n) is 5.61. The number of allylic oxidation sites excluding steroid dienone is 2. The van der Waals surface area contributed by atoms with Crippen molar-refractivity contribution >= 4 is 52.7 Å². The molecule has 2 bridgehead atoms. The number of nitrogens with one attached hydrogen (secondary N) is 3. The van der Waals surface area contributed by atoms with Gasteiger partial charge in [0.2, 0.25) is 11.8 Å². The fraction of sp³-hybridized carbons (Fsp3) is 0.480. The summed E-state index contributed by atoms with van der Waals surface area (Å²) in [4.78, 5) is 35.1. The molecule has 3 N–H and O–H groups in total. The number of amides is 2. The van der Waals surface area contributed by atoms with Crippen LogP contribution in [-0.4, -0.2) is 53.8 Å². The minimum absolute atomic E-state index is 0. The number of aryl methyl sites for hydroxylation is 1. The summed E-state index contributed by atoms with van der Waals surface area (Å²) in [5.41, 5.74) is 3.65. The zero-order valence-corrected chi connectivity index (χ0v) is 21.5. The van der Waals surface area contributed by atoms with Crippen LogP contribution in [0.15, 0.2) is 41.5 Å². The average molecular weight is 561 g/mol. The van der Waals surface area contributed by atoms with Gasteiger partial charge in [0.15, 0.2) is 5.96 Å². The normalized spacial score (nSPS) is 25.6. The number of guanidine groups is 1. The van der Waals surface area contributed by atoms with Gasteiger partial charge >= 0.3 is 0 Å². The van der Waals surface area contributed by atoms with Crippen molar-refractivity contribution in [3.05, 3.63) is 47.7 Å². The summed E-state index contributed by atoms with van der Waals surface area (Å²) in [5.74, 6) is 0.992. The van der Waals surface area contributed by atoms with Gasteiger partial charge in [-0.15, -0.1) is 24.0 Å². The van der Waals surface area contributed by atoms with E-state index in [0.29, 0.717) is 25.6 Å². The van der Waals surface area contributed by atoms with E-state index in [0.717, 1.165) is 24.9 Å². The number of nitrogens with zero attached hydrogens (tertiary/aromatic N) is 2. The molecule has 4 atom stereocenters. The van der Waals surface area contributed by atoms with Crippen molar-refractivity contribution in [2.24, 2.45) is 28.7 Å². The molecule has 4 unspecified atom stereocenters.